The molecule has 0 saturated heterocycles. The Balaban J connectivity index is 2.15. The summed E-state index contributed by atoms with van der Waals surface area (Å²) in [7, 11) is -3.93. The molecule has 0 heterocycles. The summed E-state index contributed by atoms with van der Waals surface area (Å²) < 4.78 is 28.1. The van der Waals surface area contributed by atoms with Crippen LogP contribution in [0.15, 0.2) is 53.4 Å². The Kier molecular flexibility index (Phi) is 8.66. The summed E-state index contributed by atoms with van der Waals surface area (Å²) in [5.41, 5.74) is 1.40. The van der Waals surface area contributed by atoms with Crippen molar-refractivity contribution in [1.29, 1.82) is 0 Å². The van der Waals surface area contributed by atoms with E-state index in [-0.39, 0.29) is 23.8 Å². The second-order valence-electron chi connectivity index (χ2n) is 7.51. The number of hydrogen-bond donors (Lipinski definition) is 4. The first kappa shape index (κ1) is 24.1. The molecule has 2 rings (SSSR count). The maximum atomic E-state index is 12.9. The zero-order valence-electron chi connectivity index (χ0n) is 16.9. The summed E-state index contributed by atoms with van der Waals surface area (Å²) in [6, 6.07) is 12.7. The maximum Gasteiger partial charge on any atom is 0.404 e. The second-order valence-corrected chi connectivity index (χ2v) is 9.69. The molecule has 0 aliphatic rings. The van der Waals surface area contributed by atoms with Gasteiger partial charge in [0.15, 0.2) is 0 Å². The molecule has 2 aromatic rings. The van der Waals surface area contributed by atoms with Crippen molar-refractivity contribution in [3.8, 4) is 0 Å². The van der Waals surface area contributed by atoms with Crippen LogP contribution in [0.5, 0.6) is 0 Å². The summed E-state index contributed by atoms with van der Waals surface area (Å²) in [6.07, 6.45) is -1.82. The molecule has 0 aliphatic carbocycles. The van der Waals surface area contributed by atoms with Gasteiger partial charge in [0.2, 0.25) is 10.0 Å². The Morgan fingerprint density at radius 3 is 2.37 bits per heavy atom. The molecule has 4 N–H and O–H groups in total. The van der Waals surface area contributed by atoms with Crippen molar-refractivity contribution in [3.63, 3.8) is 0 Å². The Bertz CT molecular complexity index is 951. The molecule has 0 bridgehead atoms. The van der Waals surface area contributed by atoms with Gasteiger partial charge in [-0.3, -0.25) is 0 Å². The highest BCUT2D eigenvalue weighted by molar-refractivity contribution is 7.89. The van der Waals surface area contributed by atoms with E-state index in [1.807, 2.05) is 19.9 Å². The summed E-state index contributed by atoms with van der Waals surface area (Å²) in [5, 5.41) is 22.3. The zero-order chi connectivity index (χ0) is 22.3. The largest absolute Gasteiger partial charge is 0.465 e. The van der Waals surface area contributed by atoms with E-state index in [4.69, 9.17) is 16.7 Å². The Morgan fingerprint density at radius 1 is 1.10 bits per heavy atom. The lowest BCUT2D eigenvalue weighted by atomic mass is 10.0. The van der Waals surface area contributed by atoms with Crippen molar-refractivity contribution in [2.45, 2.75) is 43.7 Å². The van der Waals surface area contributed by atoms with Crippen LogP contribution < -0.4 is 10.0 Å². The van der Waals surface area contributed by atoms with Crippen LogP contribution in [0.25, 0.3) is 0 Å². The highest BCUT2D eigenvalue weighted by Gasteiger charge is 2.25. The van der Waals surface area contributed by atoms with Crippen LogP contribution in [-0.2, 0) is 22.9 Å². The van der Waals surface area contributed by atoms with E-state index in [0.29, 0.717) is 17.0 Å². The fourth-order valence-electron chi connectivity index (χ4n) is 3.13. The van der Waals surface area contributed by atoms with Crippen LogP contribution in [0.2, 0.25) is 5.02 Å². The molecule has 0 unspecified atom stereocenters. The third-order valence-electron chi connectivity index (χ3n) is 4.49. The Morgan fingerprint density at radius 2 is 1.77 bits per heavy atom. The second kappa shape index (κ2) is 10.8. The van der Waals surface area contributed by atoms with E-state index in [9.17, 15) is 18.3 Å². The molecule has 0 spiro atoms. The van der Waals surface area contributed by atoms with Crippen LogP contribution in [0.4, 0.5) is 4.79 Å². The number of halogens is 1. The normalized spacial score (nSPS) is 13.8. The fourth-order valence-corrected chi connectivity index (χ4v) is 4.61. The average Bonchev–Trinajstić information content (AvgIpc) is 2.65. The van der Waals surface area contributed by atoms with Gasteiger partial charge in [0, 0.05) is 11.6 Å². The lowest BCUT2D eigenvalue weighted by Gasteiger charge is -2.23. The van der Waals surface area contributed by atoms with Crippen molar-refractivity contribution in [2.75, 3.05) is 6.54 Å². The van der Waals surface area contributed by atoms with Crippen molar-refractivity contribution in [1.82, 2.24) is 10.0 Å². The number of amides is 1. The van der Waals surface area contributed by atoms with Gasteiger partial charge in [0.25, 0.3) is 0 Å². The molecule has 1 amide bonds. The smallest absolute Gasteiger partial charge is 0.404 e. The number of carboxylic acid groups (broad SMARTS) is 1. The molecule has 2 aromatic carbocycles. The van der Waals surface area contributed by atoms with E-state index < -0.39 is 28.3 Å². The van der Waals surface area contributed by atoms with Gasteiger partial charge in [-0.05, 0) is 48.1 Å². The molecule has 0 fully saturated rings. The van der Waals surface area contributed by atoms with Crippen molar-refractivity contribution in [3.05, 3.63) is 64.7 Å². The fraction of sp³-hybridized carbons (Fsp3) is 0.381. The van der Waals surface area contributed by atoms with Crippen LogP contribution in [0.1, 0.15) is 25.0 Å². The first-order valence-corrected chi connectivity index (χ1v) is 11.4. The van der Waals surface area contributed by atoms with E-state index in [1.165, 1.54) is 12.1 Å². The third kappa shape index (κ3) is 7.28. The molecule has 0 aromatic heterocycles. The minimum absolute atomic E-state index is 0.0959. The number of benzene rings is 2. The number of nitrogens with one attached hydrogen (secondary N) is 2. The minimum Gasteiger partial charge on any atom is -0.465 e. The van der Waals surface area contributed by atoms with E-state index in [2.05, 4.69) is 10.0 Å². The molecule has 30 heavy (non-hydrogen) atoms. The first-order chi connectivity index (χ1) is 14.1. The number of aliphatic hydroxyl groups excluding tert-OH is 1. The van der Waals surface area contributed by atoms with Crippen molar-refractivity contribution < 1.29 is 23.4 Å². The lowest BCUT2D eigenvalue weighted by Crippen LogP contribution is -2.49. The molecule has 0 saturated carbocycles. The number of hydrogen-bond acceptors (Lipinski definition) is 4. The molecule has 9 heteroatoms. The number of rotatable bonds is 10. The summed E-state index contributed by atoms with van der Waals surface area (Å²) in [6.45, 7) is 3.60. The first-order valence-electron chi connectivity index (χ1n) is 9.58. The van der Waals surface area contributed by atoms with Gasteiger partial charge < -0.3 is 15.5 Å². The van der Waals surface area contributed by atoms with Gasteiger partial charge >= 0.3 is 6.09 Å². The molecule has 0 radical (unpaired) electrons. The molecule has 7 nitrogen and oxygen atoms in total. The quantitative estimate of drug-likeness (QED) is 0.440. The van der Waals surface area contributed by atoms with Crippen LogP contribution in [0, 0.1) is 5.92 Å². The molecular weight excluding hydrogens is 428 g/mol. The zero-order valence-corrected chi connectivity index (χ0v) is 18.4. The van der Waals surface area contributed by atoms with Gasteiger partial charge in [-0.25, -0.2) is 17.9 Å². The lowest BCUT2D eigenvalue weighted by molar-refractivity contribution is 0.122. The highest BCUT2D eigenvalue weighted by Crippen LogP contribution is 2.23. The Labute approximate surface area is 182 Å². The van der Waals surface area contributed by atoms with Crippen LogP contribution in [0.3, 0.4) is 0 Å². The van der Waals surface area contributed by atoms with E-state index >= 15 is 0 Å². The van der Waals surface area contributed by atoms with Crippen molar-refractivity contribution in [2.24, 2.45) is 5.92 Å². The van der Waals surface area contributed by atoms with E-state index in [0.717, 1.165) is 5.56 Å². The molecular formula is C21H27ClN2O5S. The van der Waals surface area contributed by atoms with E-state index in [1.54, 1.807) is 30.3 Å². The minimum atomic E-state index is -3.93. The maximum absolute atomic E-state index is 12.9. The topological polar surface area (TPSA) is 116 Å². The van der Waals surface area contributed by atoms with Gasteiger partial charge in [0.1, 0.15) is 0 Å². The molecule has 164 valence electrons. The predicted molar refractivity (Wildman–Crippen MR) is 116 cm³/mol. The summed E-state index contributed by atoms with van der Waals surface area (Å²) in [5.74, 6) is 0.220. The van der Waals surface area contributed by atoms with Gasteiger partial charge in [-0.1, -0.05) is 55.8 Å². The monoisotopic (exact) mass is 454 g/mol. The van der Waals surface area contributed by atoms with Crippen LogP contribution in [-0.4, -0.2) is 43.4 Å². The molecule has 0 aliphatic heterocycles. The summed E-state index contributed by atoms with van der Waals surface area (Å²) in [4.78, 5) is 11.2. The van der Waals surface area contributed by atoms with Crippen molar-refractivity contribution >= 4 is 27.7 Å². The van der Waals surface area contributed by atoms with Gasteiger partial charge in [0.05, 0.1) is 17.0 Å². The number of carbonyl (C=O) groups is 1. The van der Waals surface area contributed by atoms with Crippen LogP contribution >= 0.6 is 11.6 Å². The predicted octanol–water partition coefficient (Wildman–Crippen LogP) is 3.06. The highest BCUT2D eigenvalue weighted by atomic mass is 35.5. The SMILES string of the molecule is CC(C)Cc1cc(Cl)ccc1S(=O)(=O)NC[C@@H](O)[C@H](Cc1ccccc1)NC(=O)O. The molecule has 2 atom stereocenters. The number of aliphatic hydroxyl groups is 1. The third-order valence-corrected chi connectivity index (χ3v) is 6.25. The average molecular weight is 455 g/mol. The standard InChI is InChI=1S/C21H27ClN2O5S/c1-14(2)10-16-12-17(22)8-9-20(16)30(28,29)23-13-19(25)18(24-21(26)27)11-15-6-4-3-5-7-15/h3-9,12,14,18-19,23-25H,10-11,13H2,1-2H3,(H,26,27)/t18-,19+/m0/s1. The Hall–Kier alpha value is -2.13. The van der Waals surface area contributed by atoms with Gasteiger partial charge in [-0.2, -0.15) is 0 Å². The van der Waals surface area contributed by atoms with Gasteiger partial charge in [-0.15, -0.1) is 0 Å². The number of sulfonamides is 1. The summed E-state index contributed by atoms with van der Waals surface area (Å²) >= 11 is 6.03.